The Morgan fingerprint density at radius 1 is 1.62 bits per heavy atom. The second-order valence-electron chi connectivity index (χ2n) is 4.73. The molecule has 0 amide bonds. The molecule has 0 radical (unpaired) electrons. The quantitative estimate of drug-likeness (QED) is 0.270. The summed E-state index contributed by atoms with van der Waals surface area (Å²) in [6.07, 6.45) is -1.16. The maximum atomic E-state index is 11.8. The van der Waals surface area contributed by atoms with Gasteiger partial charge < -0.3 is 9.47 Å². The Morgan fingerprint density at radius 2 is 2.38 bits per heavy atom. The molecule has 3 heterocycles. The molecule has 11 nitrogen and oxygen atoms in total. The first-order valence-corrected chi connectivity index (χ1v) is 6.11. The number of aromatic nitrogens is 2. The van der Waals surface area contributed by atoms with Gasteiger partial charge in [0.25, 0.3) is 0 Å². The van der Waals surface area contributed by atoms with Crippen molar-refractivity contribution in [3.8, 4) is 0 Å². The van der Waals surface area contributed by atoms with Gasteiger partial charge in [-0.05, 0) is 17.6 Å². The van der Waals surface area contributed by atoms with Crippen LogP contribution in [-0.4, -0.2) is 39.5 Å². The van der Waals surface area contributed by atoms with Gasteiger partial charge in [-0.3, -0.25) is 19.6 Å². The van der Waals surface area contributed by atoms with Crippen LogP contribution in [0.4, 0.5) is 11.5 Å². The Hall–Kier alpha value is -2.49. The number of nitrogens with zero attached hydrogens (tertiary/aromatic N) is 6. The fourth-order valence-corrected chi connectivity index (χ4v) is 2.61. The van der Waals surface area contributed by atoms with E-state index in [2.05, 4.69) is 15.1 Å². The molecule has 0 spiro atoms. The number of Topliss-reactive ketones (excluding diaryl/α,β-unsaturated/α-hetero) is 1. The zero-order valence-electron chi connectivity index (χ0n) is 10.9. The van der Waals surface area contributed by atoms with Gasteiger partial charge >= 0.3 is 5.69 Å². The van der Waals surface area contributed by atoms with E-state index >= 15 is 0 Å². The number of hydrogen-bond acceptors (Lipinski definition) is 7. The lowest BCUT2D eigenvalue weighted by molar-refractivity contribution is -0.384. The average Bonchev–Trinajstić information content (AvgIpc) is 2.98. The van der Waals surface area contributed by atoms with Gasteiger partial charge in [0.15, 0.2) is 5.78 Å². The summed E-state index contributed by atoms with van der Waals surface area (Å²) in [5.41, 5.74) is 8.30. The third kappa shape index (κ3) is 2.03. The molecule has 3 atom stereocenters. The normalized spacial score (nSPS) is 27.5. The van der Waals surface area contributed by atoms with E-state index in [9.17, 15) is 14.9 Å². The van der Waals surface area contributed by atoms with Gasteiger partial charge in [0.2, 0.25) is 12.1 Å². The van der Waals surface area contributed by atoms with Gasteiger partial charge in [-0.1, -0.05) is 0 Å². The second kappa shape index (κ2) is 4.81. The van der Waals surface area contributed by atoms with Crippen LogP contribution in [0.2, 0.25) is 0 Å². The molecule has 0 aromatic carbocycles. The molecule has 2 aliphatic heterocycles. The molecule has 2 bridgehead atoms. The number of fused-ring (bicyclic) bond motifs is 2. The second-order valence-corrected chi connectivity index (χ2v) is 4.73. The third-order valence-corrected chi connectivity index (χ3v) is 3.55. The van der Waals surface area contributed by atoms with Crippen LogP contribution in [0.1, 0.15) is 18.2 Å². The van der Waals surface area contributed by atoms with Crippen molar-refractivity contribution in [1.82, 2.24) is 9.78 Å². The molecule has 110 valence electrons. The Bertz CT molecular complexity index is 678. The minimum Gasteiger partial charge on any atom is -0.343 e. The summed E-state index contributed by atoms with van der Waals surface area (Å²) in [5, 5.41) is 18.3. The van der Waals surface area contributed by atoms with Crippen molar-refractivity contribution >= 4 is 17.3 Å². The van der Waals surface area contributed by atoms with E-state index in [1.54, 1.807) is 0 Å². The van der Waals surface area contributed by atoms with E-state index in [0.29, 0.717) is 0 Å². The van der Waals surface area contributed by atoms with Gasteiger partial charge in [-0.25, -0.2) is 0 Å². The smallest absolute Gasteiger partial charge is 0.319 e. The molecule has 21 heavy (non-hydrogen) atoms. The van der Waals surface area contributed by atoms with Crippen LogP contribution in [0.15, 0.2) is 5.11 Å². The standard InChI is InChI=1S/C10H10N6O5/c1-4-8(16(18)19)9(12-14-11)13-15(4)5-2-6(17)10-20-3-7(5)21-10/h5,7,10H,2-3H2,1H3/t5?,7-,10-/m1/s1. The first-order chi connectivity index (χ1) is 10.0. The Kier molecular flexibility index (Phi) is 3.09. The molecule has 0 saturated carbocycles. The third-order valence-electron chi connectivity index (χ3n) is 3.55. The van der Waals surface area contributed by atoms with Crippen LogP contribution in [0.5, 0.6) is 0 Å². The van der Waals surface area contributed by atoms with Gasteiger partial charge in [0, 0.05) is 11.3 Å². The highest BCUT2D eigenvalue weighted by molar-refractivity contribution is 5.83. The summed E-state index contributed by atoms with van der Waals surface area (Å²) in [4.78, 5) is 24.7. The number of azide groups is 1. The highest BCUT2D eigenvalue weighted by Crippen LogP contribution is 2.38. The van der Waals surface area contributed by atoms with Crippen molar-refractivity contribution in [2.45, 2.75) is 31.8 Å². The van der Waals surface area contributed by atoms with E-state index in [-0.39, 0.29) is 36.0 Å². The van der Waals surface area contributed by atoms with Crippen molar-refractivity contribution in [3.05, 3.63) is 26.3 Å². The van der Waals surface area contributed by atoms with Crippen molar-refractivity contribution in [2.24, 2.45) is 5.11 Å². The zero-order valence-corrected chi connectivity index (χ0v) is 10.9. The molecule has 2 aliphatic rings. The topological polar surface area (TPSA) is 145 Å². The summed E-state index contributed by atoms with van der Waals surface area (Å²) in [6.45, 7) is 1.69. The zero-order chi connectivity index (χ0) is 15.1. The minimum absolute atomic E-state index is 0.102. The lowest BCUT2D eigenvalue weighted by atomic mass is 10.0. The van der Waals surface area contributed by atoms with Crippen LogP contribution < -0.4 is 0 Å². The summed E-state index contributed by atoms with van der Waals surface area (Å²) in [5.74, 6) is -0.565. The predicted octanol–water partition coefficient (Wildman–Crippen LogP) is 1.30. The number of carbonyl (C=O) groups is 1. The molecule has 1 aromatic heterocycles. The Labute approximate surface area is 117 Å². The van der Waals surface area contributed by atoms with E-state index in [1.165, 1.54) is 11.6 Å². The molecule has 1 unspecified atom stereocenters. The summed E-state index contributed by atoms with van der Waals surface area (Å²) in [6, 6.07) is -0.516. The molecule has 0 N–H and O–H groups in total. The lowest BCUT2D eigenvalue weighted by Gasteiger charge is -2.27. The summed E-state index contributed by atoms with van der Waals surface area (Å²) < 4.78 is 11.9. The van der Waals surface area contributed by atoms with Crippen molar-refractivity contribution in [1.29, 1.82) is 0 Å². The fourth-order valence-electron chi connectivity index (χ4n) is 2.61. The average molecular weight is 294 g/mol. The molecule has 1 aromatic rings. The van der Waals surface area contributed by atoms with Crippen LogP contribution in [-0.2, 0) is 14.3 Å². The number of nitro groups is 1. The van der Waals surface area contributed by atoms with E-state index in [0.717, 1.165) is 0 Å². The van der Waals surface area contributed by atoms with Crippen molar-refractivity contribution < 1.29 is 19.2 Å². The molecule has 2 saturated heterocycles. The maximum absolute atomic E-state index is 11.8. The van der Waals surface area contributed by atoms with Gasteiger partial charge in [-0.2, -0.15) is 5.10 Å². The van der Waals surface area contributed by atoms with Crippen LogP contribution in [0, 0.1) is 17.0 Å². The van der Waals surface area contributed by atoms with Gasteiger partial charge in [0.05, 0.1) is 17.6 Å². The molecule has 11 heteroatoms. The Morgan fingerprint density at radius 3 is 3.05 bits per heavy atom. The SMILES string of the molecule is Cc1c([N+](=O)[O-])c(N=[N+]=[N-])nn1C1CC(=O)[C@@H]2OC[C@H]1O2. The van der Waals surface area contributed by atoms with Crippen LogP contribution in [0.25, 0.3) is 10.4 Å². The molecule has 0 aliphatic carbocycles. The van der Waals surface area contributed by atoms with Crippen LogP contribution >= 0.6 is 0 Å². The van der Waals surface area contributed by atoms with Crippen LogP contribution in [0.3, 0.4) is 0 Å². The fraction of sp³-hybridized carbons (Fsp3) is 0.600. The van der Waals surface area contributed by atoms with E-state index in [1.807, 2.05) is 0 Å². The predicted molar refractivity (Wildman–Crippen MR) is 65.7 cm³/mol. The Balaban J connectivity index is 2.06. The largest absolute Gasteiger partial charge is 0.343 e. The van der Waals surface area contributed by atoms with Crippen molar-refractivity contribution in [2.75, 3.05) is 6.61 Å². The number of ketones is 1. The summed E-state index contributed by atoms with van der Waals surface area (Å²) >= 11 is 0. The highest BCUT2D eigenvalue weighted by atomic mass is 16.7. The molecular weight excluding hydrogens is 284 g/mol. The van der Waals surface area contributed by atoms with Crippen molar-refractivity contribution in [3.63, 3.8) is 0 Å². The minimum atomic E-state index is -0.853. The number of carbonyl (C=O) groups excluding carboxylic acids is 1. The molecular formula is C10H10N6O5. The van der Waals surface area contributed by atoms with E-state index < -0.39 is 23.4 Å². The highest BCUT2D eigenvalue weighted by Gasteiger charge is 2.45. The van der Waals surface area contributed by atoms with Gasteiger partial charge in [0.1, 0.15) is 11.8 Å². The first kappa shape index (κ1) is 13.5. The van der Waals surface area contributed by atoms with Gasteiger partial charge in [-0.15, -0.1) is 0 Å². The number of hydrogen-bond donors (Lipinski definition) is 0. The summed E-state index contributed by atoms with van der Waals surface area (Å²) in [7, 11) is 0. The maximum Gasteiger partial charge on any atom is 0.319 e. The molecule has 2 fully saturated rings. The molecule has 3 rings (SSSR count). The number of rotatable bonds is 3. The number of ether oxygens (including phenoxy) is 2. The monoisotopic (exact) mass is 294 g/mol. The van der Waals surface area contributed by atoms with E-state index in [4.69, 9.17) is 15.0 Å². The first-order valence-electron chi connectivity index (χ1n) is 6.11. The lowest BCUT2D eigenvalue weighted by Crippen LogP contribution is -2.37.